The topological polar surface area (TPSA) is 89.5 Å². The molecule has 0 amide bonds. The van der Waals surface area contributed by atoms with Gasteiger partial charge in [-0.1, -0.05) is 0 Å². The molecule has 10 heavy (non-hydrogen) atoms. The Balaban J connectivity index is -0.000000149. The molecular weight excluding hydrogens is 302 g/mol. The molecule has 0 saturated carbocycles. The van der Waals surface area contributed by atoms with E-state index in [1.165, 1.54) is 6.38 Å². The molecule has 0 aliphatic rings. The minimum atomic E-state index is -3.24. The van der Waals surface area contributed by atoms with Crippen LogP contribution in [0.4, 0.5) is 0 Å². The van der Waals surface area contributed by atoms with Crippen LogP contribution in [0, 0.1) is 0 Å². The normalized spacial score (nSPS) is 10.0. The SMILES string of the molecule is CCl.O=[P+]([O-])O[P+](=O)[O-].[Cd+2]. The van der Waals surface area contributed by atoms with E-state index in [4.69, 9.17) is 0 Å². The van der Waals surface area contributed by atoms with Crippen LogP contribution in [0.15, 0.2) is 0 Å². The summed E-state index contributed by atoms with van der Waals surface area (Å²) in [7, 11) is -6.47. The summed E-state index contributed by atoms with van der Waals surface area (Å²) in [6, 6.07) is 0. The van der Waals surface area contributed by atoms with Crippen molar-refractivity contribution in [2.24, 2.45) is 0 Å². The van der Waals surface area contributed by atoms with E-state index in [1.54, 1.807) is 0 Å². The first-order valence-corrected chi connectivity index (χ1v) is 4.42. The van der Waals surface area contributed by atoms with E-state index >= 15 is 0 Å². The molecule has 0 aromatic rings. The van der Waals surface area contributed by atoms with Crippen molar-refractivity contribution in [1.82, 2.24) is 0 Å². The minimum Gasteiger partial charge on any atom is -0.563 e. The Morgan fingerprint density at radius 3 is 1.40 bits per heavy atom. The number of alkyl halides is 1. The monoisotopic (exact) mass is 306 g/mol. The van der Waals surface area contributed by atoms with E-state index in [9.17, 15) is 18.9 Å². The van der Waals surface area contributed by atoms with Crippen LogP contribution in [0.1, 0.15) is 0 Å². The molecule has 0 rings (SSSR count). The fraction of sp³-hybridized carbons (Fsp3) is 1.00. The summed E-state index contributed by atoms with van der Waals surface area (Å²) in [6.45, 7) is 0. The second-order valence-electron chi connectivity index (χ2n) is 0.529. The third kappa shape index (κ3) is 22.8. The molecule has 0 spiro atoms. The zero-order valence-electron chi connectivity index (χ0n) is 5.02. The van der Waals surface area contributed by atoms with Gasteiger partial charge in [0, 0.05) is 6.38 Å². The molecule has 0 aliphatic carbocycles. The van der Waals surface area contributed by atoms with Crippen molar-refractivity contribution in [3.63, 3.8) is 0 Å². The van der Waals surface area contributed by atoms with Crippen LogP contribution in [0.2, 0.25) is 0 Å². The molecule has 0 N–H and O–H groups in total. The Labute approximate surface area is 84.8 Å². The van der Waals surface area contributed by atoms with Gasteiger partial charge in [-0.3, -0.25) is 0 Å². The van der Waals surface area contributed by atoms with Crippen molar-refractivity contribution in [3.8, 4) is 0 Å². The minimum absolute atomic E-state index is 0. The molecular formula is CH3CdClO5P2+2. The van der Waals surface area contributed by atoms with Crippen molar-refractivity contribution >= 4 is 28.1 Å². The van der Waals surface area contributed by atoms with Crippen LogP contribution < -0.4 is 9.79 Å². The molecule has 0 saturated heterocycles. The van der Waals surface area contributed by atoms with E-state index < -0.39 is 16.5 Å². The van der Waals surface area contributed by atoms with Gasteiger partial charge in [-0.05, 0) is 9.13 Å². The summed E-state index contributed by atoms with van der Waals surface area (Å²) < 4.78 is 21.6. The van der Waals surface area contributed by atoms with Crippen LogP contribution in [-0.2, 0) is 40.7 Å². The van der Waals surface area contributed by atoms with E-state index in [0.717, 1.165) is 0 Å². The Bertz CT molecular complexity index is 95.8. The van der Waals surface area contributed by atoms with Crippen LogP contribution in [-0.4, -0.2) is 6.38 Å². The summed E-state index contributed by atoms with van der Waals surface area (Å²) >= 11 is 4.64. The van der Waals surface area contributed by atoms with Gasteiger partial charge in [-0.2, -0.15) is 0 Å². The van der Waals surface area contributed by atoms with Gasteiger partial charge in [0.25, 0.3) is 0 Å². The first-order chi connectivity index (χ1) is 4.13. The third-order valence-corrected chi connectivity index (χ3v) is 1.20. The summed E-state index contributed by atoms with van der Waals surface area (Å²) in [5, 5.41) is 0. The van der Waals surface area contributed by atoms with Gasteiger partial charge in [0.05, 0.1) is 0 Å². The van der Waals surface area contributed by atoms with E-state index in [-0.39, 0.29) is 27.3 Å². The molecule has 0 heterocycles. The predicted molar refractivity (Wildman–Crippen MR) is 28.1 cm³/mol. The van der Waals surface area contributed by atoms with Gasteiger partial charge >= 0.3 is 43.8 Å². The number of hydrogen-bond acceptors (Lipinski definition) is 5. The standard InChI is InChI=1S/CH3Cl.Cd.O5P2/c1-2;;1-6(2)5-7(3)4/h1H3;;/q;+2;. The second-order valence-corrected chi connectivity index (χ2v) is 2.08. The van der Waals surface area contributed by atoms with E-state index in [0.29, 0.717) is 0 Å². The molecule has 0 aromatic carbocycles. The van der Waals surface area contributed by atoms with Gasteiger partial charge in [0.1, 0.15) is 4.31 Å². The van der Waals surface area contributed by atoms with Gasteiger partial charge in [-0.15, -0.1) is 11.6 Å². The van der Waals surface area contributed by atoms with Crippen molar-refractivity contribution in [2.75, 3.05) is 6.38 Å². The Hall–Kier alpha value is 1.29. The van der Waals surface area contributed by atoms with Crippen molar-refractivity contribution < 1.29 is 50.5 Å². The van der Waals surface area contributed by atoms with Crippen LogP contribution in [0.5, 0.6) is 0 Å². The van der Waals surface area contributed by atoms with Crippen LogP contribution in [0.25, 0.3) is 0 Å². The predicted octanol–water partition coefficient (Wildman–Crippen LogP) is -0.109. The molecule has 9 heteroatoms. The fourth-order valence-electron chi connectivity index (χ4n) is 0.0544. The number of hydrogen-bond donors (Lipinski definition) is 0. The average Bonchev–Trinajstić information content (AvgIpc) is 1.68. The third-order valence-electron chi connectivity index (χ3n) is 0.133. The van der Waals surface area contributed by atoms with Crippen molar-refractivity contribution in [1.29, 1.82) is 0 Å². The largest absolute Gasteiger partial charge is 2.00 e. The van der Waals surface area contributed by atoms with E-state index in [1.807, 2.05) is 0 Å². The molecule has 54 valence electrons. The molecule has 2 atom stereocenters. The summed E-state index contributed by atoms with van der Waals surface area (Å²) in [5.74, 6) is 0. The van der Waals surface area contributed by atoms with Crippen molar-refractivity contribution in [3.05, 3.63) is 0 Å². The van der Waals surface area contributed by atoms with E-state index in [2.05, 4.69) is 15.9 Å². The molecule has 0 aromatic heterocycles. The first kappa shape index (κ1) is 17.4. The maximum atomic E-state index is 9.24. The van der Waals surface area contributed by atoms with Crippen molar-refractivity contribution in [2.45, 2.75) is 0 Å². The zero-order valence-corrected chi connectivity index (χ0v) is 11.6. The van der Waals surface area contributed by atoms with Crippen LogP contribution in [0.3, 0.4) is 0 Å². The fourth-order valence-corrected chi connectivity index (χ4v) is 0.490. The quantitative estimate of drug-likeness (QED) is 0.403. The summed E-state index contributed by atoms with van der Waals surface area (Å²) in [5.41, 5.74) is 0. The smallest absolute Gasteiger partial charge is 0.563 e. The van der Waals surface area contributed by atoms with Gasteiger partial charge < -0.3 is 9.79 Å². The molecule has 0 radical (unpaired) electrons. The zero-order chi connectivity index (χ0) is 7.86. The maximum absolute atomic E-state index is 9.24. The molecule has 0 bridgehead atoms. The Morgan fingerprint density at radius 2 is 1.40 bits per heavy atom. The average molecular weight is 305 g/mol. The van der Waals surface area contributed by atoms with Crippen LogP contribution >= 0.6 is 28.1 Å². The Kier molecular flexibility index (Phi) is 22.5. The molecule has 0 aliphatic heterocycles. The van der Waals surface area contributed by atoms with Gasteiger partial charge in [-0.25, -0.2) is 0 Å². The molecule has 0 fully saturated rings. The van der Waals surface area contributed by atoms with Gasteiger partial charge in [0.15, 0.2) is 0 Å². The summed E-state index contributed by atoms with van der Waals surface area (Å²) in [6.07, 6.45) is 1.47. The van der Waals surface area contributed by atoms with Gasteiger partial charge in [0.2, 0.25) is 0 Å². The maximum Gasteiger partial charge on any atom is 2.00 e. The molecule has 2 unspecified atom stereocenters. The Morgan fingerprint density at radius 1 is 1.20 bits per heavy atom. The first-order valence-electron chi connectivity index (χ1n) is 1.47. The molecule has 5 nitrogen and oxygen atoms in total. The number of rotatable bonds is 2. The summed E-state index contributed by atoms with van der Waals surface area (Å²) in [4.78, 5) is 18.5. The second kappa shape index (κ2) is 12.9. The number of halogens is 1.